The molecule has 0 amide bonds. The van der Waals surface area contributed by atoms with E-state index in [9.17, 15) is 13.2 Å². The average Bonchev–Trinajstić information content (AvgIpc) is 2.46. The minimum atomic E-state index is -4.43. The summed E-state index contributed by atoms with van der Waals surface area (Å²) in [7, 11) is 0. The minimum Gasteiger partial charge on any atom is -0.369 e. The van der Waals surface area contributed by atoms with Gasteiger partial charge in [-0.3, -0.25) is 0 Å². The van der Waals surface area contributed by atoms with Crippen molar-refractivity contribution in [3.8, 4) is 0 Å². The van der Waals surface area contributed by atoms with E-state index < -0.39 is 11.7 Å². The number of rotatable bonds is 4. The molecule has 0 saturated heterocycles. The first kappa shape index (κ1) is 16.9. The Hall–Kier alpha value is -0.490. The van der Waals surface area contributed by atoms with E-state index in [1.807, 2.05) is 0 Å². The van der Waals surface area contributed by atoms with Crippen molar-refractivity contribution in [1.29, 1.82) is 0 Å². The fourth-order valence-electron chi connectivity index (χ4n) is 2.73. The molecule has 1 heterocycles. The molecule has 1 aliphatic rings. The fraction of sp³-hybridized carbons (Fsp3) is 0.643. The average molecular weight is 386 g/mol. The number of halogens is 5. The Bertz CT molecular complexity index is 488. The van der Waals surface area contributed by atoms with E-state index in [-0.39, 0.29) is 11.2 Å². The van der Waals surface area contributed by atoms with Crippen LogP contribution in [-0.4, -0.2) is 17.4 Å². The molecular formula is C14H17BrClF3N2. The van der Waals surface area contributed by atoms with Gasteiger partial charge in [0.05, 0.1) is 5.56 Å². The Morgan fingerprint density at radius 1 is 1.29 bits per heavy atom. The van der Waals surface area contributed by atoms with Crippen molar-refractivity contribution in [3.05, 3.63) is 22.3 Å². The van der Waals surface area contributed by atoms with Gasteiger partial charge in [-0.25, -0.2) is 4.98 Å². The zero-order chi connectivity index (χ0) is 15.5. The Balaban J connectivity index is 2.16. The van der Waals surface area contributed by atoms with E-state index in [2.05, 4.69) is 26.2 Å². The molecule has 1 aromatic heterocycles. The topological polar surface area (TPSA) is 24.9 Å². The fourth-order valence-corrected chi connectivity index (χ4v) is 3.42. The molecule has 2 nitrogen and oxygen atoms in total. The molecule has 21 heavy (non-hydrogen) atoms. The maximum absolute atomic E-state index is 13.0. The molecule has 0 spiro atoms. The number of hydrogen-bond donors (Lipinski definition) is 1. The van der Waals surface area contributed by atoms with Crippen molar-refractivity contribution in [3.63, 3.8) is 0 Å². The summed E-state index contributed by atoms with van der Waals surface area (Å²) in [5.74, 6) is 0.332. The molecule has 0 unspecified atom stereocenters. The first-order valence-corrected chi connectivity index (χ1v) is 8.22. The lowest BCUT2D eigenvalue weighted by Gasteiger charge is -2.36. The maximum Gasteiger partial charge on any atom is 0.419 e. The van der Waals surface area contributed by atoms with Crippen molar-refractivity contribution < 1.29 is 13.2 Å². The number of alkyl halides is 4. The molecule has 0 atom stereocenters. The number of anilines is 1. The minimum absolute atomic E-state index is 0.124. The molecule has 118 valence electrons. The van der Waals surface area contributed by atoms with Gasteiger partial charge in [-0.05, 0) is 34.8 Å². The van der Waals surface area contributed by atoms with E-state index in [0.29, 0.717) is 16.9 Å². The van der Waals surface area contributed by atoms with Crippen LogP contribution in [0, 0.1) is 5.41 Å². The third kappa shape index (κ3) is 4.25. The van der Waals surface area contributed by atoms with Crippen molar-refractivity contribution in [2.45, 2.75) is 38.3 Å². The van der Waals surface area contributed by atoms with Gasteiger partial charge in [-0.15, -0.1) is 11.6 Å². The summed E-state index contributed by atoms with van der Waals surface area (Å²) in [5.41, 5.74) is -0.880. The van der Waals surface area contributed by atoms with Crippen LogP contribution >= 0.6 is 27.5 Å². The van der Waals surface area contributed by atoms with Crippen LogP contribution in [0.4, 0.5) is 19.0 Å². The van der Waals surface area contributed by atoms with Crippen molar-refractivity contribution in [1.82, 2.24) is 4.98 Å². The van der Waals surface area contributed by atoms with E-state index in [1.165, 1.54) is 12.6 Å². The smallest absolute Gasteiger partial charge is 0.369 e. The van der Waals surface area contributed by atoms with Gasteiger partial charge in [0.1, 0.15) is 5.82 Å². The molecule has 1 saturated carbocycles. The van der Waals surface area contributed by atoms with Crippen LogP contribution in [0.3, 0.4) is 0 Å². The molecule has 0 radical (unpaired) electrons. The third-order valence-electron chi connectivity index (χ3n) is 3.99. The van der Waals surface area contributed by atoms with Crippen LogP contribution in [0.25, 0.3) is 0 Å². The highest BCUT2D eigenvalue weighted by Crippen LogP contribution is 2.39. The quantitative estimate of drug-likeness (QED) is 0.696. The van der Waals surface area contributed by atoms with Gasteiger partial charge in [-0.2, -0.15) is 13.2 Å². The first-order valence-electron chi connectivity index (χ1n) is 6.89. The lowest BCUT2D eigenvalue weighted by molar-refractivity contribution is -0.137. The van der Waals surface area contributed by atoms with Crippen LogP contribution < -0.4 is 5.32 Å². The highest BCUT2D eigenvalue weighted by Gasteiger charge is 2.36. The predicted molar refractivity (Wildman–Crippen MR) is 81.7 cm³/mol. The van der Waals surface area contributed by atoms with E-state index in [4.69, 9.17) is 11.6 Å². The second kappa shape index (κ2) is 6.73. The van der Waals surface area contributed by atoms with Crippen LogP contribution in [0.2, 0.25) is 0 Å². The third-order valence-corrected chi connectivity index (χ3v) is 4.99. The van der Waals surface area contributed by atoms with Gasteiger partial charge in [0, 0.05) is 28.5 Å². The highest BCUT2D eigenvalue weighted by atomic mass is 79.9. The summed E-state index contributed by atoms with van der Waals surface area (Å²) in [6, 6.07) is 1.05. The van der Waals surface area contributed by atoms with E-state index in [0.717, 1.165) is 31.7 Å². The number of nitrogens with one attached hydrogen (secondary N) is 1. The second-order valence-corrected chi connectivity index (χ2v) is 6.78. The summed E-state index contributed by atoms with van der Waals surface area (Å²) < 4.78 is 39.4. The Morgan fingerprint density at radius 3 is 2.52 bits per heavy atom. The standard InChI is InChI=1S/C14H17BrClF3N2/c15-10-6-11(14(17,18)19)12(20-7-10)21-9-13(8-16)4-2-1-3-5-13/h6-7H,1-5,8-9H2,(H,20,21). The number of hydrogen-bond acceptors (Lipinski definition) is 2. The van der Waals surface area contributed by atoms with Gasteiger partial charge in [0.25, 0.3) is 0 Å². The van der Waals surface area contributed by atoms with Gasteiger partial charge in [0.2, 0.25) is 0 Å². The lowest BCUT2D eigenvalue weighted by atomic mass is 9.75. The number of pyridine rings is 1. The first-order chi connectivity index (χ1) is 9.86. The largest absolute Gasteiger partial charge is 0.419 e. The Kier molecular flexibility index (Phi) is 5.41. The maximum atomic E-state index is 13.0. The summed E-state index contributed by atoms with van der Waals surface area (Å²) in [6.45, 7) is 0.425. The predicted octanol–water partition coefficient (Wildman–Crippen LogP) is 5.46. The summed E-state index contributed by atoms with van der Waals surface area (Å²) in [6.07, 6.45) is 2.15. The monoisotopic (exact) mass is 384 g/mol. The molecule has 7 heteroatoms. The second-order valence-electron chi connectivity index (χ2n) is 5.60. The SMILES string of the molecule is FC(F)(F)c1cc(Br)cnc1NCC1(CCl)CCCCC1. The zero-order valence-electron chi connectivity index (χ0n) is 11.4. The van der Waals surface area contributed by atoms with Crippen LogP contribution in [0.1, 0.15) is 37.7 Å². The number of aromatic nitrogens is 1. The lowest BCUT2D eigenvalue weighted by Crippen LogP contribution is -2.34. The molecular weight excluding hydrogens is 369 g/mol. The van der Waals surface area contributed by atoms with E-state index >= 15 is 0 Å². The van der Waals surface area contributed by atoms with Crippen LogP contribution in [0.15, 0.2) is 16.7 Å². The van der Waals surface area contributed by atoms with Crippen LogP contribution in [0.5, 0.6) is 0 Å². The normalized spacial score (nSPS) is 18.5. The summed E-state index contributed by atoms with van der Waals surface area (Å²) in [5, 5.41) is 2.87. The molecule has 1 aromatic rings. The van der Waals surface area contributed by atoms with Crippen molar-refractivity contribution in [2.24, 2.45) is 5.41 Å². The molecule has 0 bridgehead atoms. The Morgan fingerprint density at radius 2 is 1.95 bits per heavy atom. The van der Waals surface area contributed by atoms with Crippen molar-refractivity contribution in [2.75, 3.05) is 17.7 Å². The molecule has 2 rings (SSSR count). The van der Waals surface area contributed by atoms with Gasteiger partial charge < -0.3 is 5.32 Å². The van der Waals surface area contributed by atoms with Gasteiger partial charge in [-0.1, -0.05) is 19.3 Å². The molecule has 0 aliphatic heterocycles. The molecule has 1 fully saturated rings. The number of nitrogens with zero attached hydrogens (tertiary/aromatic N) is 1. The Labute approximate surface area is 135 Å². The molecule has 1 aliphatic carbocycles. The molecule has 0 aromatic carbocycles. The van der Waals surface area contributed by atoms with E-state index in [1.54, 1.807) is 0 Å². The van der Waals surface area contributed by atoms with Gasteiger partial charge in [0.15, 0.2) is 0 Å². The van der Waals surface area contributed by atoms with Crippen LogP contribution in [-0.2, 0) is 6.18 Å². The van der Waals surface area contributed by atoms with Gasteiger partial charge >= 0.3 is 6.18 Å². The highest BCUT2D eigenvalue weighted by molar-refractivity contribution is 9.10. The zero-order valence-corrected chi connectivity index (χ0v) is 13.8. The summed E-state index contributed by atoms with van der Waals surface area (Å²) >= 11 is 9.10. The summed E-state index contributed by atoms with van der Waals surface area (Å²) in [4.78, 5) is 3.87. The molecule has 1 N–H and O–H groups in total. The van der Waals surface area contributed by atoms with Crippen molar-refractivity contribution >= 4 is 33.3 Å².